The summed E-state index contributed by atoms with van der Waals surface area (Å²) in [5.41, 5.74) is 6.09. The van der Waals surface area contributed by atoms with E-state index < -0.39 is 0 Å². The molecular formula is C18H15N5O. The van der Waals surface area contributed by atoms with E-state index >= 15 is 0 Å². The predicted molar refractivity (Wildman–Crippen MR) is 91.3 cm³/mol. The van der Waals surface area contributed by atoms with Crippen molar-refractivity contribution < 1.29 is 0 Å². The normalized spacial score (nSPS) is 10.2. The highest BCUT2D eigenvalue weighted by molar-refractivity contribution is 5.57. The van der Waals surface area contributed by atoms with Crippen molar-refractivity contribution in [3.05, 3.63) is 76.6 Å². The second-order valence-corrected chi connectivity index (χ2v) is 5.14. The highest BCUT2D eigenvalue weighted by Crippen LogP contribution is 2.15. The number of rotatable bonds is 4. The molecule has 6 heteroatoms. The lowest BCUT2D eigenvalue weighted by atomic mass is 10.2. The third-order valence-electron chi connectivity index (χ3n) is 3.53. The van der Waals surface area contributed by atoms with Gasteiger partial charge < -0.3 is 0 Å². The van der Waals surface area contributed by atoms with Gasteiger partial charge in [0, 0.05) is 18.0 Å². The number of anilines is 1. The molecule has 2 aromatic heterocycles. The van der Waals surface area contributed by atoms with Crippen LogP contribution >= 0.6 is 0 Å². The molecule has 3 aromatic rings. The molecule has 6 nitrogen and oxygen atoms in total. The van der Waals surface area contributed by atoms with Crippen molar-refractivity contribution in [2.24, 2.45) is 0 Å². The Hall–Kier alpha value is -3.46. The molecule has 0 unspecified atom stereocenters. The van der Waals surface area contributed by atoms with Crippen LogP contribution in [0.1, 0.15) is 18.2 Å². The highest BCUT2D eigenvalue weighted by Gasteiger charge is 2.09. The molecule has 1 N–H and O–H groups in total. The number of benzene rings is 1. The lowest BCUT2D eigenvalue weighted by molar-refractivity contribution is 0.834. The molecule has 3 rings (SSSR count). The van der Waals surface area contributed by atoms with Crippen molar-refractivity contribution in [2.75, 3.05) is 5.43 Å². The summed E-state index contributed by atoms with van der Waals surface area (Å²) in [6, 6.07) is 12.7. The van der Waals surface area contributed by atoms with Crippen molar-refractivity contribution in [3.63, 3.8) is 0 Å². The van der Waals surface area contributed by atoms with E-state index in [1.54, 1.807) is 42.9 Å². The molecule has 0 saturated heterocycles. The summed E-state index contributed by atoms with van der Waals surface area (Å²) in [5, 5.41) is 8.85. The maximum atomic E-state index is 12.5. The summed E-state index contributed by atoms with van der Waals surface area (Å²) in [4.78, 5) is 21.0. The fourth-order valence-electron chi connectivity index (χ4n) is 2.27. The van der Waals surface area contributed by atoms with E-state index in [9.17, 15) is 4.79 Å². The lowest BCUT2D eigenvalue weighted by Crippen LogP contribution is -2.30. The third kappa shape index (κ3) is 3.15. The van der Waals surface area contributed by atoms with Crippen molar-refractivity contribution in [1.82, 2.24) is 14.6 Å². The van der Waals surface area contributed by atoms with Crippen molar-refractivity contribution >= 4 is 5.69 Å². The van der Waals surface area contributed by atoms with Gasteiger partial charge in [0.2, 0.25) is 0 Å². The van der Waals surface area contributed by atoms with Crippen LogP contribution in [0.4, 0.5) is 5.69 Å². The predicted octanol–water partition coefficient (Wildman–Crippen LogP) is 2.61. The van der Waals surface area contributed by atoms with Crippen LogP contribution in [0.5, 0.6) is 0 Å². The zero-order valence-corrected chi connectivity index (χ0v) is 13.1. The van der Waals surface area contributed by atoms with Crippen LogP contribution < -0.4 is 11.0 Å². The zero-order chi connectivity index (χ0) is 16.9. The maximum absolute atomic E-state index is 12.5. The first kappa shape index (κ1) is 15.4. The Kier molecular flexibility index (Phi) is 4.34. The standard InChI is InChI=1S/C18H15N5O/c1-2-16-18(24)23(22-15-7-5-13(10-19)6-8-15)12-17(21-16)14-4-3-9-20-11-14/h3-9,11-12,22H,2H2,1H3. The van der Waals surface area contributed by atoms with E-state index in [4.69, 9.17) is 5.26 Å². The van der Waals surface area contributed by atoms with Gasteiger partial charge in [0.1, 0.15) is 5.69 Å². The summed E-state index contributed by atoms with van der Waals surface area (Å²) >= 11 is 0. The van der Waals surface area contributed by atoms with Gasteiger partial charge in [-0.15, -0.1) is 0 Å². The molecule has 0 saturated carbocycles. The van der Waals surface area contributed by atoms with Crippen molar-refractivity contribution in [2.45, 2.75) is 13.3 Å². The molecule has 0 aliphatic rings. The van der Waals surface area contributed by atoms with Gasteiger partial charge in [0.15, 0.2) is 0 Å². The number of aryl methyl sites for hydroxylation is 1. The molecule has 24 heavy (non-hydrogen) atoms. The largest absolute Gasteiger partial charge is 0.292 e. The lowest BCUT2D eigenvalue weighted by Gasteiger charge is -2.12. The summed E-state index contributed by atoms with van der Waals surface area (Å²) in [6.45, 7) is 1.89. The van der Waals surface area contributed by atoms with Crippen LogP contribution in [0.3, 0.4) is 0 Å². The monoisotopic (exact) mass is 317 g/mol. The first-order valence-electron chi connectivity index (χ1n) is 7.51. The van der Waals surface area contributed by atoms with Crippen LogP contribution in [0.2, 0.25) is 0 Å². The molecule has 0 aliphatic heterocycles. The molecule has 0 aliphatic carbocycles. The molecular weight excluding hydrogens is 302 g/mol. The number of nitrogens with zero attached hydrogens (tertiary/aromatic N) is 4. The van der Waals surface area contributed by atoms with Gasteiger partial charge in [-0.1, -0.05) is 6.92 Å². The molecule has 118 valence electrons. The summed E-state index contributed by atoms with van der Waals surface area (Å²) in [6.07, 6.45) is 5.58. The van der Waals surface area contributed by atoms with Gasteiger partial charge in [-0.05, 0) is 42.8 Å². The van der Waals surface area contributed by atoms with E-state index in [0.29, 0.717) is 29.1 Å². The fourth-order valence-corrected chi connectivity index (χ4v) is 2.27. The second-order valence-electron chi connectivity index (χ2n) is 5.14. The smallest absolute Gasteiger partial charge is 0.290 e. The minimum absolute atomic E-state index is 0.200. The maximum Gasteiger partial charge on any atom is 0.290 e. The average molecular weight is 317 g/mol. The van der Waals surface area contributed by atoms with Crippen LogP contribution in [0.25, 0.3) is 11.3 Å². The number of hydrogen-bond acceptors (Lipinski definition) is 5. The fraction of sp³-hybridized carbons (Fsp3) is 0.111. The van der Waals surface area contributed by atoms with Gasteiger partial charge in [-0.3, -0.25) is 15.2 Å². The first-order valence-corrected chi connectivity index (χ1v) is 7.51. The van der Waals surface area contributed by atoms with E-state index in [-0.39, 0.29) is 5.56 Å². The van der Waals surface area contributed by atoms with E-state index in [0.717, 1.165) is 5.56 Å². The highest BCUT2D eigenvalue weighted by atomic mass is 16.1. The molecule has 1 aromatic carbocycles. The summed E-state index contributed by atoms with van der Waals surface area (Å²) in [5.74, 6) is 0. The Morgan fingerprint density at radius 1 is 1.25 bits per heavy atom. The van der Waals surface area contributed by atoms with Crippen LogP contribution in [0, 0.1) is 11.3 Å². The Bertz CT molecular complexity index is 940. The first-order chi connectivity index (χ1) is 11.7. The quantitative estimate of drug-likeness (QED) is 0.799. The van der Waals surface area contributed by atoms with Crippen LogP contribution in [-0.4, -0.2) is 14.6 Å². The number of nitriles is 1. The van der Waals surface area contributed by atoms with Gasteiger partial charge in [0.25, 0.3) is 5.56 Å². The third-order valence-corrected chi connectivity index (χ3v) is 3.53. The molecule has 0 atom stereocenters. The molecule has 0 spiro atoms. The van der Waals surface area contributed by atoms with Crippen LogP contribution in [0.15, 0.2) is 59.8 Å². The van der Waals surface area contributed by atoms with Gasteiger partial charge in [0.05, 0.1) is 29.2 Å². The molecule has 2 heterocycles. The minimum atomic E-state index is -0.200. The Morgan fingerprint density at radius 2 is 2.04 bits per heavy atom. The average Bonchev–Trinajstić information content (AvgIpc) is 2.64. The Balaban J connectivity index is 2.03. The second kappa shape index (κ2) is 6.75. The Labute approximate surface area is 139 Å². The summed E-state index contributed by atoms with van der Waals surface area (Å²) < 4.78 is 1.41. The van der Waals surface area contributed by atoms with Gasteiger partial charge >= 0.3 is 0 Å². The minimum Gasteiger partial charge on any atom is -0.292 e. The van der Waals surface area contributed by atoms with E-state index in [2.05, 4.69) is 21.5 Å². The van der Waals surface area contributed by atoms with Gasteiger partial charge in [-0.2, -0.15) is 5.26 Å². The van der Waals surface area contributed by atoms with Gasteiger partial charge in [-0.25, -0.2) is 9.66 Å². The topological polar surface area (TPSA) is 83.6 Å². The van der Waals surface area contributed by atoms with E-state index in [1.807, 2.05) is 19.1 Å². The number of aromatic nitrogens is 3. The Morgan fingerprint density at radius 3 is 2.67 bits per heavy atom. The zero-order valence-electron chi connectivity index (χ0n) is 13.1. The molecule has 0 radical (unpaired) electrons. The van der Waals surface area contributed by atoms with E-state index in [1.165, 1.54) is 4.68 Å². The van der Waals surface area contributed by atoms with Crippen LogP contribution in [-0.2, 0) is 6.42 Å². The molecule has 0 bridgehead atoms. The molecule has 0 amide bonds. The summed E-state index contributed by atoms with van der Waals surface area (Å²) in [7, 11) is 0. The SMILES string of the molecule is CCc1nc(-c2cccnc2)cn(Nc2ccc(C#N)cc2)c1=O. The number of nitrogens with one attached hydrogen (secondary N) is 1. The number of hydrogen-bond donors (Lipinski definition) is 1. The van der Waals surface area contributed by atoms with Crippen molar-refractivity contribution in [1.29, 1.82) is 5.26 Å². The van der Waals surface area contributed by atoms with Crippen molar-refractivity contribution in [3.8, 4) is 17.3 Å². The number of pyridine rings is 1. The molecule has 0 fully saturated rings.